The lowest BCUT2D eigenvalue weighted by Crippen LogP contribution is -2.01. The van der Waals surface area contributed by atoms with Crippen molar-refractivity contribution in [3.8, 4) is 0 Å². The summed E-state index contributed by atoms with van der Waals surface area (Å²) in [6.07, 6.45) is 0. The number of benzene rings is 2. The molecule has 2 rings (SSSR count). The van der Waals surface area contributed by atoms with E-state index in [9.17, 15) is 4.79 Å². The van der Waals surface area contributed by atoms with Gasteiger partial charge in [0.2, 0.25) is 5.12 Å². The minimum absolute atomic E-state index is 0.131. The maximum atomic E-state index is 12.6. The first kappa shape index (κ1) is 14.9. The van der Waals surface area contributed by atoms with E-state index in [0.717, 1.165) is 27.1 Å². The summed E-state index contributed by atoms with van der Waals surface area (Å²) in [5.41, 5.74) is 6.55. The molecule has 1 nitrogen and oxygen atoms in total. The molecule has 0 amide bonds. The Morgan fingerprint density at radius 1 is 0.800 bits per heavy atom. The maximum Gasteiger partial charge on any atom is 0.224 e. The van der Waals surface area contributed by atoms with Crippen LogP contribution >= 0.6 is 11.8 Å². The molecule has 2 aromatic carbocycles. The minimum atomic E-state index is 0.131. The van der Waals surface area contributed by atoms with E-state index in [1.807, 2.05) is 19.9 Å². The Morgan fingerprint density at radius 2 is 1.35 bits per heavy atom. The first-order valence-corrected chi connectivity index (χ1v) is 7.57. The van der Waals surface area contributed by atoms with Gasteiger partial charge < -0.3 is 0 Å². The highest BCUT2D eigenvalue weighted by atomic mass is 32.2. The van der Waals surface area contributed by atoms with Crippen molar-refractivity contribution in [2.45, 2.75) is 39.5 Å². The zero-order valence-electron chi connectivity index (χ0n) is 12.7. The van der Waals surface area contributed by atoms with Gasteiger partial charge in [-0.25, -0.2) is 0 Å². The van der Waals surface area contributed by atoms with E-state index in [-0.39, 0.29) is 5.12 Å². The molecule has 0 saturated heterocycles. The fourth-order valence-electron chi connectivity index (χ4n) is 2.57. The highest BCUT2D eigenvalue weighted by Gasteiger charge is 2.15. The molecule has 0 aromatic heterocycles. The monoisotopic (exact) mass is 284 g/mol. The van der Waals surface area contributed by atoms with Crippen LogP contribution in [0.1, 0.15) is 38.2 Å². The summed E-state index contributed by atoms with van der Waals surface area (Å²) < 4.78 is 0. The Labute approximate surface area is 125 Å². The van der Waals surface area contributed by atoms with E-state index >= 15 is 0 Å². The number of aryl methyl sites for hydroxylation is 5. The largest absolute Gasteiger partial charge is 0.281 e. The van der Waals surface area contributed by atoms with E-state index in [4.69, 9.17) is 0 Å². The van der Waals surface area contributed by atoms with Crippen molar-refractivity contribution >= 4 is 16.9 Å². The summed E-state index contributed by atoms with van der Waals surface area (Å²) in [6.45, 7) is 10.2. The molecule has 0 unspecified atom stereocenters. The molecule has 0 aliphatic heterocycles. The summed E-state index contributed by atoms with van der Waals surface area (Å²) in [5, 5.41) is 0.131. The summed E-state index contributed by atoms with van der Waals surface area (Å²) in [5.74, 6) is 0. The zero-order chi connectivity index (χ0) is 14.9. The molecule has 104 valence electrons. The first-order valence-electron chi connectivity index (χ1n) is 6.76. The van der Waals surface area contributed by atoms with Crippen LogP contribution in [-0.4, -0.2) is 5.12 Å². The fourth-order valence-corrected chi connectivity index (χ4v) is 3.55. The van der Waals surface area contributed by atoms with Crippen LogP contribution in [-0.2, 0) is 0 Å². The van der Waals surface area contributed by atoms with Gasteiger partial charge in [0.05, 0.1) is 0 Å². The summed E-state index contributed by atoms with van der Waals surface area (Å²) >= 11 is 1.33. The number of thioether (sulfide) groups is 1. The molecule has 0 bridgehead atoms. The van der Waals surface area contributed by atoms with Crippen LogP contribution in [0.5, 0.6) is 0 Å². The molecular weight excluding hydrogens is 264 g/mol. The molecular formula is C18H20OS. The highest BCUT2D eigenvalue weighted by Crippen LogP contribution is 2.29. The molecule has 2 aromatic rings. The molecule has 20 heavy (non-hydrogen) atoms. The van der Waals surface area contributed by atoms with Crippen molar-refractivity contribution in [3.63, 3.8) is 0 Å². The van der Waals surface area contributed by atoms with Gasteiger partial charge in [-0.15, -0.1) is 0 Å². The molecule has 0 radical (unpaired) electrons. The second-order valence-corrected chi connectivity index (χ2v) is 6.45. The van der Waals surface area contributed by atoms with Gasteiger partial charge in [0, 0.05) is 10.5 Å². The number of carbonyl (C=O) groups excluding carboxylic acids is 1. The van der Waals surface area contributed by atoms with Gasteiger partial charge in [0.1, 0.15) is 0 Å². The number of hydrogen-bond donors (Lipinski definition) is 0. The smallest absolute Gasteiger partial charge is 0.224 e. The van der Waals surface area contributed by atoms with Gasteiger partial charge >= 0.3 is 0 Å². The van der Waals surface area contributed by atoms with Crippen LogP contribution in [0.2, 0.25) is 0 Å². The molecule has 0 fully saturated rings. The van der Waals surface area contributed by atoms with Gasteiger partial charge in [-0.1, -0.05) is 35.4 Å². The third-order valence-electron chi connectivity index (χ3n) is 3.41. The lowest BCUT2D eigenvalue weighted by Gasteiger charge is -2.11. The minimum Gasteiger partial charge on any atom is -0.281 e. The van der Waals surface area contributed by atoms with Crippen LogP contribution < -0.4 is 0 Å². The van der Waals surface area contributed by atoms with Crippen LogP contribution in [0.25, 0.3) is 0 Å². The zero-order valence-corrected chi connectivity index (χ0v) is 13.5. The molecule has 0 spiro atoms. The van der Waals surface area contributed by atoms with Gasteiger partial charge in [-0.2, -0.15) is 0 Å². The summed E-state index contributed by atoms with van der Waals surface area (Å²) in [6, 6.07) is 10.3. The molecule has 0 heterocycles. The predicted octanol–water partition coefficient (Wildman–Crippen LogP) is 5.16. The van der Waals surface area contributed by atoms with Crippen molar-refractivity contribution in [2.75, 3.05) is 0 Å². The van der Waals surface area contributed by atoms with E-state index in [0.29, 0.717) is 0 Å². The van der Waals surface area contributed by atoms with Crippen molar-refractivity contribution in [2.24, 2.45) is 0 Å². The SMILES string of the molecule is Cc1ccc(SC(=O)c2c(C)cc(C)cc2C)c(C)c1. The molecule has 2 heteroatoms. The van der Waals surface area contributed by atoms with E-state index < -0.39 is 0 Å². The molecule has 0 saturated carbocycles. The Hall–Kier alpha value is -1.54. The Bertz CT molecular complexity index is 648. The quantitative estimate of drug-likeness (QED) is 0.708. The van der Waals surface area contributed by atoms with Gasteiger partial charge in [-0.3, -0.25) is 4.79 Å². The van der Waals surface area contributed by atoms with Crippen molar-refractivity contribution in [1.29, 1.82) is 0 Å². The van der Waals surface area contributed by atoms with Gasteiger partial charge in [0.25, 0.3) is 0 Å². The second kappa shape index (κ2) is 5.84. The molecule has 0 aliphatic carbocycles. The predicted molar refractivity (Wildman–Crippen MR) is 86.8 cm³/mol. The third kappa shape index (κ3) is 3.13. The van der Waals surface area contributed by atoms with Crippen molar-refractivity contribution in [1.82, 2.24) is 0 Å². The Balaban J connectivity index is 2.33. The fraction of sp³-hybridized carbons (Fsp3) is 0.278. The molecule has 0 aliphatic rings. The first-order chi connectivity index (χ1) is 9.38. The van der Waals surface area contributed by atoms with Crippen LogP contribution in [0.15, 0.2) is 35.2 Å². The number of hydrogen-bond acceptors (Lipinski definition) is 2. The van der Waals surface area contributed by atoms with Gasteiger partial charge in [0.15, 0.2) is 0 Å². The van der Waals surface area contributed by atoms with Gasteiger partial charge in [-0.05, 0) is 69.1 Å². The van der Waals surface area contributed by atoms with E-state index in [2.05, 4.69) is 45.0 Å². The molecule has 0 N–H and O–H groups in total. The number of rotatable bonds is 2. The normalized spacial score (nSPS) is 10.7. The van der Waals surface area contributed by atoms with Crippen LogP contribution in [0.3, 0.4) is 0 Å². The molecule has 0 atom stereocenters. The Kier molecular flexibility index (Phi) is 4.34. The lowest BCUT2D eigenvalue weighted by atomic mass is 10.0. The average molecular weight is 284 g/mol. The highest BCUT2D eigenvalue weighted by molar-refractivity contribution is 8.14. The maximum absolute atomic E-state index is 12.6. The summed E-state index contributed by atoms with van der Waals surface area (Å²) in [7, 11) is 0. The lowest BCUT2D eigenvalue weighted by molar-refractivity contribution is 0.108. The van der Waals surface area contributed by atoms with Crippen molar-refractivity contribution in [3.05, 3.63) is 63.7 Å². The number of carbonyl (C=O) groups is 1. The Morgan fingerprint density at radius 3 is 1.90 bits per heavy atom. The summed E-state index contributed by atoms with van der Waals surface area (Å²) in [4.78, 5) is 13.6. The van der Waals surface area contributed by atoms with E-state index in [1.165, 1.54) is 22.9 Å². The van der Waals surface area contributed by atoms with Crippen LogP contribution in [0, 0.1) is 34.6 Å². The third-order valence-corrected chi connectivity index (χ3v) is 4.48. The van der Waals surface area contributed by atoms with Crippen molar-refractivity contribution < 1.29 is 4.79 Å². The van der Waals surface area contributed by atoms with Crippen LogP contribution in [0.4, 0.5) is 0 Å². The standard InChI is InChI=1S/C18H20OS/c1-11-6-7-16(13(3)8-11)20-18(19)17-14(4)9-12(2)10-15(17)5/h6-10H,1-5H3. The van der Waals surface area contributed by atoms with E-state index in [1.54, 1.807) is 0 Å². The second-order valence-electron chi connectivity index (χ2n) is 5.43. The average Bonchev–Trinajstić information content (AvgIpc) is 2.31. The topological polar surface area (TPSA) is 17.1 Å².